The lowest BCUT2D eigenvalue weighted by Gasteiger charge is -2.09. The van der Waals surface area contributed by atoms with Crippen molar-refractivity contribution in [2.45, 2.75) is 0 Å². The number of nitrogens with one attached hydrogen (secondary N) is 1. The van der Waals surface area contributed by atoms with Crippen LogP contribution in [0.4, 0.5) is 0 Å². The molecule has 0 bridgehead atoms. The fourth-order valence-corrected chi connectivity index (χ4v) is 2.28. The van der Waals surface area contributed by atoms with Gasteiger partial charge in [0.15, 0.2) is 18.1 Å². The van der Waals surface area contributed by atoms with Crippen molar-refractivity contribution in [3.05, 3.63) is 52.5 Å². The van der Waals surface area contributed by atoms with E-state index in [1.807, 2.05) is 0 Å². The van der Waals surface area contributed by atoms with Crippen LogP contribution in [0.25, 0.3) is 0 Å². The van der Waals surface area contributed by atoms with Crippen LogP contribution in [0.15, 0.2) is 41.5 Å². The van der Waals surface area contributed by atoms with Gasteiger partial charge in [-0.1, -0.05) is 11.6 Å². The van der Waals surface area contributed by atoms with Crippen LogP contribution in [0.5, 0.6) is 17.2 Å². The van der Waals surface area contributed by atoms with Gasteiger partial charge in [0.05, 0.1) is 20.4 Å². The molecule has 2 aromatic rings. The van der Waals surface area contributed by atoms with Gasteiger partial charge in [-0.3, -0.25) is 9.59 Å². The minimum Gasteiger partial charge on any atom is -0.493 e. The summed E-state index contributed by atoms with van der Waals surface area (Å²) >= 11 is 5.96. The predicted molar refractivity (Wildman–Crippen MR) is 101 cm³/mol. The summed E-state index contributed by atoms with van der Waals surface area (Å²) < 4.78 is 15.6. The largest absolute Gasteiger partial charge is 0.493 e. The van der Waals surface area contributed by atoms with Crippen LogP contribution >= 0.6 is 11.6 Å². The molecule has 0 aliphatic rings. The molecule has 0 spiro atoms. The van der Waals surface area contributed by atoms with Gasteiger partial charge in [-0.2, -0.15) is 5.10 Å². The average molecular weight is 392 g/mol. The van der Waals surface area contributed by atoms with E-state index in [4.69, 9.17) is 31.5 Å². The Labute approximate surface area is 160 Å². The van der Waals surface area contributed by atoms with Gasteiger partial charge in [-0.05, 0) is 36.4 Å². The van der Waals surface area contributed by atoms with E-state index in [1.165, 1.54) is 26.5 Å². The molecule has 0 atom stereocenters. The Morgan fingerprint density at radius 1 is 1.11 bits per heavy atom. The van der Waals surface area contributed by atoms with E-state index in [2.05, 4.69) is 10.5 Å². The lowest BCUT2D eigenvalue weighted by Crippen LogP contribution is -2.20. The summed E-state index contributed by atoms with van der Waals surface area (Å²) in [4.78, 5) is 23.1. The fraction of sp³-hybridized carbons (Fsp3) is 0.167. The maximum Gasteiger partial charge on any atom is 0.271 e. The molecule has 27 heavy (non-hydrogen) atoms. The summed E-state index contributed by atoms with van der Waals surface area (Å²) in [5.74, 6) is 0.213. The molecule has 0 aliphatic carbocycles. The highest BCUT2D eigenvalue weighted by atomic mass is 35.5. The Morgan fingerprint density at radius 2 is 1.81 bits per heavy atom. The number of primary amides is 1. The third kappa shape index (κ3) is 5.61. The van der Waals surface area contributed by atoms with E-state index in [0.29, 0.717) is 33.4 Å². The first-order valence-corrected chi connectivity index (χ1v) is 8.08. The maximum atomic E-state index is 12.2. The minimum atomic E-state index is -0.616. The van der Waals surface area contributed by atoms with Crippen molar-refractivity contribution in [1.29, 1.82) is 0 Å². The molecular weight excluding hydrogens is 374 g/mol. The fourth-order valence-electron chi connectivity index (χ4n) is 2.10. The number of rotatable bonds is 8. The minimum absolute atomic E-state index is 0.291. The molecular formula is C18H18ClN3O5. The number of carbonyl (C=O) groups excluding carboxylic acids is 2. The van der Waals surface area contributed by atoms with Crippen LogP contribution in [0.2, 0.25) is 5.02 Å². The second-order valence-corrected chi connectivity index (χ2v) is 5.64. The van der Waals surface area contributed by atoms with Gasteiger partial charge in [-0.15, -0.1) is 0 Å². The van der Waals surface area contributed by atoms with Gasteiger partial charge < -0.3 is 19.9 Å². The number of hydrazone groups is 1. The molecule has 0 radical (unpaired) electrons. The Morgan fingerprint density at radius 3 is 2.48 bits per heavy atom. The number of hydrogen-bond acceptors (Lipinski definition) is 6. The Kier molecular flexibility index (Phi) is 7.01. The number of nitrogens with two attached hydrogens (primary N) is 1. The summed E-state index contributed by atoms with van der Waals surface area (Å²) in [5.41, 5.74) is 8.26. The quantitative estimate of drug-likeness (QED) is 0.527. The van der Waals surface area contributed by atoms with Gasteiger partial charge in [0.1, 0.15) is 5.75 Å². The molecule has 2 rings (SSSR count). The first kappa shape index (κ1) is 20.1. The Hall–Kier alpha value is -3.26. The van der Waals surface area contributed by atoms with Crippen LogP contribution in [0.1, 0.15) is 15.9 Å². The molecule has 0 aromatic heterocycles. The molecule has 0 unspecified atom stereocenters. The van der Waals surface area contributed by atoms with Gasteiger partial charge in [0.25, 0.3) is 11.8 Å². The van der Waals surface area contributed by atoms with Crippen molar-refractivity contribution in [1.82, 2.24) is 5.43 Å². The van der Waals surface area contributed by atoms with E-state index in [9.17, 15) is 9.59 Å². The van der Waals surface area contributed by atoms with Gasteiger partial charge in [0.2, 0.25) is 0 Å². The molecule has 3 N–H and O–H groups in total. The normalized spacial score (nSPS) is 10.5. The molecule has 0 heterocycles. The second-order valence-electron chi connectivity index (χ2n) is 5.21. The zero-order chi connectivity index (χ0) is 19.8. The molecule has 2 amide bonds. The Bertz CT molecular complexity index is 870. The van der Waals surface area contributed by atoms with E-state index >= 15 is 0 Å². The highest BCUT2D eigenvalue weighted by Crippen LogP contribution is 2.27. The zero-order valence-corrected chi connectivity index (χ0v) is 15.4. The summed E-state index contributed by atoms with van der Waals surface area (Å²) in [6, 6.07) is 9.46. The molecule has 8 nitrogen and oxygen atoms in total. The average Bonchev–Trinajstić information content (AvgIpc) is 2.66. The number of carbonyl (C=O) groups is 2. The van der Waals surface area contributed by atoms with Crippen LogP contribution < -0.4 is 25.4 Å². The molecule has 0 fully saturated rings. The molecule has 2 aromatic carbocycles. The van der Waals surface area contributed by atoms with Crippen molar-refractivity contribution in [2.75, 3.05) is 20.8 Å². The lowest BCUT2D eigenvalue weighted by atomic mass is 10.2. The molecule has 142 valence electrons. The number of hydrogen-bond donors (Lipinski definition) is 2. The van der Waals surface area contributed by atoms with Crippen LogP contribution in [-0.2, 0) is 4.79 Å². The first-order chi connectivity index (χ1) is 12.9. The number of amides is 2. The van der Waals surface area contributed by atoms with E-state index in [-0.39, 0.29) is 6.61 Å². The third-order valence-electron chi connectivity index (χ3n) is 3.36. The van der Waals surface area contributed by atoms with Gasteiger partial charge >= 0.3 is 0 Å². The number of benzene rings is 2. The highest BCUT2D eigenvalue weighted by Gasteiger charge is 2.10. The maximum absolute atomic E-state index is 12.2. The zero-order valence-electron chi connectivity index (χ0n) is 14.7. The SMILES string of the molecule is COc1ccc(C(=O)N/N=C/c2cc(Cl)ccc2OCC(N)=O)cc1OC. The lowest BCUT2D eigenvalue weighted by molar-refractivity contribution is -0.119. The van der Waals surface area contributed by atoms with E-state index in [0.717, 1.165) is 0 Å². The van der Waals surface area contributed by atoms with Crippen LogP contribution in [0, 0.1) is 0 Å². The van der Waals surface area contributed by atoms with Crippen molar-refractivity contribution < 1.29 is 23.8 Å². The first-order valence-electron chi connectivity index (χ1n) is 7.70. The Balaban J connectivity index is 2.11. The predicted octanol–water partition coefficient (Wildman–Crippen LogP) is 1.99. The summed E-state index contributed by atoms with van der Waals surface area (Å²) in [7, 11) is 2.98. The number of nitrogens with zero attached hydrogens (tertiary/aromatic N) is 1. The number of ether oxygens (including phenoxy) is 3. The standard InChI is InChI=1S/C18H18ClN3O5/c1-25-15-5-3-11(8-16(15)26-2)18(24)22-21-9-12-7-13(19)4-6-14(12)27-10-17(20)23/h3-9H,10H2,1-2H3,(H2,20,23)(H,22,24)/b21-9+. The van der Waals surface area contributed by atoms with Crippen molar-refractivity contribution in [3.8, 4) is 17.2 Å². The number of methoxy groups -OCH3 is 2. The van der Waals surface area contributed by atoms with Crippen molar-refractivity contribution in [2.24, 2.45) is 10.8 Å². The molecule has 0 saturated carbocycles. The smallest absolute Gasteiger partial charge is 0.271 e. The molecule has 0 aliphatic heterocycles. The monoisotopic (exact) mass is 391 g/mol. The topological polar surface area (TPSA) is 112 Å². The third-order valence-corrected chi connectivity index (χ3v) is 3.59. The van der Waals surface area contributed by atoms with Gasteiger partial charge in [0, 0.05) is 16.1 Å². The van der Waals surface area contributed by atoms with Crippen molar-refractivity contribution in [3.63, 3.8) is 0 Å². The highest BCUT2D eigenvalue weighted by molar-refractivity contribution is 6.30. The second kappa shape index (κ2) is 9.44. The van der Waals surface area contributed by atoms with Crippen LogP contribution in [-0.4, -0.2) is 38.9 Å². The molecule has 9 heteroatoms. The van der Waals surface area contributed by atoms with Crippen molar-refractivity contribution >= 4 is 29.6 Å². The van der Waals surface area contributed by atoms with E-state index < -0.39 is 11.8 Å². The van der Waals surface area contributed by atoms with E-state index in [1.54, 1.807) is 30.3 Å². The summed E-state index contributed by atoms with van der Waals surface area (Å²) in [5, 5.41) is 4.33. The molecule has 0 saturated heterocycles. The van der Waals surface area contributed by atoms with Gasteiger partial charge in [-0.25, -0.2) is 5.43 Å². The summed E-state index contributed by atoms with van der Waals surface area (Å²) in [6.45, 7) is -0.291. The summed E-state index contributed by atoms with van der Waals surface area (Å²) in [6.07, 6.45) is 1.35. The van der Waals surface area contributed by atoms with Crippen LogP contribution in [0.3, 0.4) is 0 Å². The number of halogens is 1.